The van der Waals surface area contributed by atoms with E-state index in [1.807, 2.05) is 0 Å². The third-order valence-electron chi connectivity index (χ3n) is 1.67. The number of rotatable bonds is 2. The molecule has 0 aliphatic carbocycles. The van der Waals surface area contributed by atoms with Crippen LogP contribution in [0.25, 0.3) is 0 Å². The van der Waals surface area contributed by atoms with Gasteiger partial charge in [-0.3, -0.25) is 0 Å². The van der Waals surface area contributed by atoms with Crippen molar-refractivity contribution in [1.82, 2.24) is 10.4 Å². The molecule has 0 amide bonds. The molecule has 1 aliphatic heterocycles. The quantitative estimate of drug-likeness (QED) is 0.511. The highest BCUT2D eigenvalue weighted by Crippen LogP contribution is 2.04. The predicted octanol–water partition coefficient (Wildman–Crippen LogP) is -0.107. The Bertz CT molecular complexity index is 65.9. The summed E-state index contributed by atoms with van der Waals surface area (Å²) in [5, 5.41) is 2.20. The van der Waals surface area contributed by atoms with Crippen LogP contribution < -0.4 is 11.2 Å². The molecule has 0 bridgehead atoms. The molecular weight excluding hydrogens is 114 g/mol. The third kappa shape index (κ3) is 2.30. The van der Waals surface area contributed by atoms with E-state index in [2.05, 4.69) is 10.4 Å². The maximum Gasteiger partial charge on any atom is 0.0567 e. The van der Waals surface area contributed by atoms with E-state index in [-0.39, 0.29) is 0 Å². The van der Waals surface area contributed by atoms with E-state index >= 15 is 0 Å². The van der Waals surface area contributed by atoms with Crippen molar-refractivity contribution < 1.29 is 0 Å². The Morgan fingerprint density at radius 3 is 2.44 bits per heavy atom. The number of hydrogen-bond acceptors (Lipinski definition) is 3. The van der Waals surface area contributed by atoms with Crippen LogP contribution in [0, 0.1) is 0 Å². The molecule has 1 aliphatic rings. The van der Waals surface area contributed by atoms with Crippen molar-refractivity contribution in [3.8, 4) is 0 Å². The second-order valence-corrected chi connectivity index (χ2v) is 2.41. The Morgan fingerprint density at radius 1 is 1.22 bits per heavy atom. The summed E-state index contributed by atoms with van der Waals surface area (Å²) < 4.78 is 0. The van der Waals surface area contributed by atoms with Gasteiger partial charge < -0.3 is 5.73 Å². The van der Waals surface area contributed by atoms with Gasteiger partial charge in [0.2, 0.25) is 0 Å². The Labute approximate surface area is 56.2 Å². The van der Waals surface area contributed by atoms with E-state index < -0.39 is 0 Å². The van der Waals surface area contributed by atoms with Crippen LogP contribution in [0.4, 0.5) is 0 Å². The van der Waals surface area contributed by atoms with Gasteiger partial charge in [0.05, 0.1) is 6.67 Å². The average Bonchev–Trinajstić information content (AvgIpc) is 1.91. The smallest absolute Gasteiger partial charge is 0.0567 e. The molecule has 9 heavy (non-hydrogen) atoms. The first-order valence-electron chi connectivity index (χ1n) is 3.62. The van der Waals surface area contributed by atoms with Crippen LogP contribution >= 0.6 is 0 Å². The third-order valence-corrected chi connectivity index (χ3v) is 1.67. The van der Waals surface area contributed by atoms with E-state index in [9.17, 15) is 0 Å². The fourth-order valence-electron chi connectivity index (χ4n) is 1.18. The predicted molar refractivity (Wildman–Crippen MR) is 37.6 cm³/mol. The van der Waals surface area contributed by atoms with Gasteiger partial charge in [-0.25, -0.2) is 10.4 Å². The highest BCUT2D eigenvalue weighted by atomic mass is 15.5. The molecule has 0 unspecified atom stereocenters. The lowest BCUT2D eigenvalue weighted by Gasteiger charge is -2.26. The lowest BCUT2D eigenvalue weighted by Crippen LogP contribution is -2.44. The minimum Gasteiger partial charge on any atom is -0.317 e. The van der Waals surface area contributed by atoms with Crippen molar-refractivity contribution >= 4 is 0 Å². The molecule has 1 rings (SSSR count). The van der Waals surface area contributed by atoms with Gasteiger partial charge in [-0.15, -0.1) is 0 Å². The van der Waals surface area contributed by atoms with Crippen LogP contribution in [0.2, 0.25) is 0 Å². The molecule has 54 valence electrons. The van der Waals surface area contributed by atoms with Gasteiger partial charge in [0, 0.05) is 13.1 Å². The molecule has 0 spiro atoms. The monoisotopic (exact) mass is 129 g/mol. The molecule has 0 radical (unpaired) electrons. The van der Waals surface area contributed by atoms with Crippen LogP contribution in [0.5, 0.6) is 0 Å². The number of hydrogen-bond donors (Lipinski definition) is 2. The number of hydrazine groups is 1. The number of nitrogens with zero attached hydrogens (tertiary/aromatic N) is 1. The number of nitrogens with one attached hydrogen (secondary N) is 1. The van der Waals surface area contributed by atoms with Gasteiger partial charge in [-0.1, -0.05) is 6.42 Å². The molecule has 0 aromatic rings. The van der Waals surface area contributed by atoms with Crippen molar-refractivity contribution in [3.63, 3.8) is 0 Å². The van der Waals surface area contributed by atoms with Crippen LogP contribution in [0.15, 0.2) is 0 Å². The molecule has 0 aromatic carbocycles. The topological polar surface area (TPSA) is 41.3 Å². The zero-order valence-corrected chi connectivity index (χ0v) is 5.77. The van der Waals surface area contributed by atoms with Crippen molar-refractivity contribution in [3.05, 3.63) is 0 Å². The minimum absolute atomic E-state index is 0.569. The van der Waals surface area contributed by atoms with E-state index in [1.165, 1.54) is 19.3 Å². The lowest BCUT2D eigenvalue weighted by atomic mass is 10.2. The average molecular weight is 129 g/mol. The summed E-state index contributed by atoms with van der Waals surface area (Å²) in [6.45, 7) is 2.90. The molecule has 3 N–H and O–H groups in total. The van der Waals surface area contributed by atoms with E-state index in [1.54, 1.807) is 0 Å². The van der Waals surface area contributed by atoms with Gasteiger partial charge >= 0.3 is 0 Å². The van der Waals surface area contributed by atoms with E-state index in [0.29, 0.717) is 6.67 Å². The van der Waals surface area contributed by atoms with Gasteiger partial charge in [0.15, 0.2) is 0 Å². The molecule has 1 fully saturated rings. The summed E-state index contributed by atoms with van der Waals surface area (Å²) >= 11 is 0. The Kier molecular flexibility index (Phi) is 2.97. The molecule has 0 atom stereocenters. The van der Waals surface area contributed by atoms with Crippen molar-refractivity contribution in [1.29, 1.82) is 0 Å². The second-order valence-electron chi connectivity index (χ2n) is 2.41. The standard InChI is InChI=1S/C6H15N3/c7-6-8-9-4-2-1-3-5-9/h8H,1-7H2. The first kappa shape index (κ1) is 6.99. The molecule has 3 heteroatoms. The summed E-state index contributed by atoms with van der Waals surface area (Å²) in [4.78, 5) is 0. The van der Waals surface area contributed by atoms with E-state index in [0.717, 1.165) is 13.1 Å². The summed E-state index contributed by atoms with van der Waals surface area (Å²) in [5.74, 6) is 0. The molecule has 3 nitrogen and oxygen atoms in total. The zero-order chi connectivity index (χ0) is 6.53. The number of piperidine rings is 1. The SMILES string of the molecule is NCNN1CCCCC1. The second kappa shape index (κ2) is 3.82. The highest BCUT2D eigenvalue weighted by Gasteiger charge is 2.06. The normalized spacial score (nSPS) is 22.3. The number of nitrogens with two attached hydrogens (primary N) is 1. The molecular formula is C6H15N3. The fraction of sp³-hybridized carbons (Fsp3) is 1.00. The molecule has 1 heterocycles. The van der Waals surface area contributed by atoms with Gasteiger partial charge in [0.1, 0.15) is 0 Å². The van der Waals surface area contributed by atoms with E-state index in [4.69, 9.17) is 5.73 Å². The zero-order valence-electron chi connectivity index (χ0n) is 5.77. The first-order chi connectivity index (χ1) is 4.43. The Balaban J connectivity index is 2.08. The van der Waals surface area contributed by atoms with Crippen LogP contribution in [0.1, 0.15) is 19.3 Å². The largest absolute Gasteiger partial charge is 0.317 e. The van der Waals surface area contributed by atoms with Gasteiger partial charge in [0.25, 0.3) is 0 Å². The maximum atomic E-state index is 5.31. The van der Waals surface area contributed by atoms with Gasteiger partial charge in [-0.05, 0) is 12.8 Å². The minimum atomic E-state index is 0.569. The maximum absolute atomic E-state index is 5.31. The summed E-state index contributed by atoms with van der Waals surface area (Å²) in [6, 6.07) is 0. The van der Waals surface area contributed by atoms with Crippen LogP contribution in [0.3, 0.4) is 0 Å². The fourth-order valence-corrected chi connectivity index (χ4v) is 1.18. The van der Waals surface area contributed by atoms with Crippen molar-refractivity contribution in [2.75, 3.05) is 19.8 Å². The van der Waals surface area contributed by atoms with Crippen molar-refractivity contribution in [2.45, 2.75) is 19.3 Å². The van der Waals surface area contributed by atoms with Gasteiger partial charge in [-0.2, -0.15) is 0 Å². The molecule has 1 saturated heterocycles. The molecule has 0 aromatic heterocycles. The summed E-state index contributed by atoms with van der Waals surface area (Å²) in [7, 11) is 0. The van der Waals surface area contributed by atoms with Crippen LogP contribution in [-0.4, -0.2) is 24.8 Å². The Hall–Kier alpha value is -0.120. The summed E-state index contributed by atoms with van der Waals surface area (Å²) in [6.07, 6.45) is 4.00. The van der Waals surface area contributed by atoms with Crippen LogP contribution in [-0.2, 0) is 0 Å². The van der Waals surface area contributed by atoms with Crippen molar-refractivity contribution in [2.24, 2.45) is 5.73 Å². The Morgan fingerprint density at radius 2 is 1.89 bits per heavy atom. The summed E-state index contributed by atoms with van der Waals surface area (Å²) in [5.41, 5.74) is 8.40. The highest BCUT2D eigenvalue weighted by molar-refractivity contribution is 4.59. The lowest BCUT2D eigenvalue weighted by molar-refractivity contribution is 0.157. The first-order valence-corrected chi connectivity index (χ1v) is 3.62. The molecule has 0 saturated carbocycles.